The Labute approximate surface area is 127 Å². The monoisotopic (exact) mass is 357 g/mol. The van der Waals surface area contributed by atoms with Gasteiger partial charge in [-0.05, 0) is 22.0 Å². The Bertz CT molecular complexity index is 742. The fraction of sp³-hybridized carbons (Fsp3) is 0.231. The quantitative estimate of drug-likeness (QED) is 0.667. The van der Waals surface area contributed by atoms with E-state index < -0.39 is 0 Å². The summed E-state index contributed by atoms with van der Waals surface area (Å²) < 4.78 is 21.2. The third-order valence-corrected chi connectivity index (χ3v) is 3.79. The van der Waals surface area contributed by atoms with Crippen molar-refractivity contribution < 1.29 is 8.91 Å². The SMILES string of the molecule is Fc1cc2c(cc1Br)nc(CCCl)n2Cc1ccno1. The normalized spacial score (nSPS) is 11.3. The minimum absolute atomic E-state index is 0.325. The molecule has 2 heterocycles. The lowest BCUT2D eigenvalue weighted by molar-refractivity contribution is 0.376. The maximum absolute atomic E-state index is 13.8. The molecular formula is C13H10BrClFN3O. The lowest BCUT2D eigenvalue weighted by Gasteiger charge is -2.06. The zero-order valence-electron chi connectivity index (χ0n) is 10.3. The molecule has 0 unspecified atom stereocenters. The van der Waals surface area contributed by atoms with E-state index >= 15 is 0 Å². The van der Waals surface area contributed by atoms with Gasteiger partial charge in [0.2, 0.25) is 0 Å². The predicted octanol–water partition coefficient (Wildman–Crippen LogP) is 3.76. The van der Waals surface area contributed by atoms with Crippen molar-refractivity contribution in [2.24, 2.45) is 0 Å². The van der Waals surface area contributed by atoms with Gasteiger partial charge in [-0.25, -0.2) is 9.37 Å². The van der Waals surface area contributed by atoms with E-state index in [4.69, 9.17) is 16.1 Å². The van der Waals surface area contributed by atoms with Crippen LogP contribution in [-0.4, -0.2) is 20.6 Å². The molecule has 20 heavy (non-hydrogen) atoms. The highest BCUT2D eigenvalue weighted by Crippen LogP contribution is 2.25. The van der Waals surface area contributed by atoms with E-state index in [0.717, 1.165) is 11.3 Å². The van der Waals surface area contributed by atoms with E-state index in [2.05, 4.69) is 26.1 Å². The smallest absolute Gasteiger partial charge is 0.156 e. The van der Waals surface area contributed by atoms with Gasteiger partial charge < -0.3 is 9.09 Å². The Morgan fingerprint density at radius 3 is 2.95 bits per heavy atom. The number of halogens is 3. The third kappa shape index (κ3) is 2.45. The number of nitrogens with zero attached hydrogens (tertiary/aromatic N) is 3. The molecule has 0 bridgehead atoms. The van der Waals surface area contributed by atoms with Crippen LogP contribution in [-0.2, 0) is 13.0 Å². The van der Waals surface area contributed by atoms with Crippen molar-refractivity contribution in [2.75, 3.05) is 5.88 Å². The van der Waals surface area contributed by atoms with Crippen LogP contribution in [0.3, 0.4) is 0 Å². The zero-order valence-corrected chi connectivity index (χ0v) is 12.7. The molecule has 2 aromatic heterocycles. The molecule has 3 rings (SSSR count). The Hall–Kier alpha value is -1.40. The molecule has 7 heteroatoms. The molecule has 0 radical (unpaired) electrons. The molecular weight excluding hydrogens is 349 g/mol. The molecule has 1 aromatic carbocycles. The second kappa shape index (κ2) is 5.54. The van der Waals surface area contributed by atoms with Gasteiger partial charge in [-0.1, -0.05) is 5.16 Å². The highest BCUT2D eigenvalue weighted by molar-refractivity contribution is 9.10. The van der Waals surface area contributed by atoms with Crippen LogP contribution >= 0.6 is 27.5 Å². The molecule has 0 saturated heterocycles. The highest BCUT2D eigenvalue weighted by atomic mass is 79.9. The molecule has 0 atom stereocenters. The summed E-state index contributed by atoms with van der Waals surface area (Å²) in [4.78, 5) is 4.50. The van der Waals surface area contributed by atoms with Crippen molar-refractivity contribution >= 4 is 38.6 Å². The van der Waals surface area contributed by atoms with Gasteiger partial charge in [-0.3, -0.25) is 0 Å². The standard InChI is InChI=1S/C13H10BrClFN3O/c14-9-5-11-12(6-10(9)16)19(13(18-11)1-3-15)7-8-2-4-17-20-8/h2,4-6H,1,3,7H2. The zero-order chi connectivity index (χ0) is 14.1. The summed E-state index contributed by atoms with van der Waals surface area (Å²) in [6, 6.07) is 4.89. The molecule has 104 valence electrons. The summed E-state index contributed by atoms with van der Waals surface area (Å²) in [5.74, 6) is 1.60. The van der Waals surface area contributed by atoms with Crippen molar-refractivity contribution in [1.82, 2.24) is 14.7 Å². The average molecular weight is 359 g/mol. The maximum Gasteiger partial charge on any atom is 0.156 e. The van der Waals surface area contributed by atoms with Crippen molar-refractivity contribution in [3.05, 3.63) is 46.3 Å². The van der Waals surface area contributed by atoms with E-state index in [9.17, 15) is 4.39 Å². The first kappa shape index (κ1) is 13.6. The summed E-state index contributed by atoms with van der Waals surface area (Å²) in [7, 11) is 0. The predicted molar refractivity (Wildman–Crippen MR) is 77.4 cm³/mol. The number of hydrogen-bond donors (Lipinski definition) is 0. The van der Waals surface area contributed by atoms with E-state index in [1.165, 1.54) is 6.07 Å². The fourth-order valence-electron chi connectivity index (χ4n) is 2.10. The molecule has 0 aliphatic rings. The summed E-state index contributed by atoms with van der Waals surface area (Å²) in [6.45, 7) is 0.448. The summed E-state index contributed by atoms with van der Waals surface area (Å²) >= 11 is 8.98. The van der Waals surface area contributed by atoms with E-state index in [1.54, 1.807) is 18.3 Å². The Kier molecular flexibility index (Phi) is 3.76. The number of rotatable bonds is 4. The summed E-state index contributed by atoms with van der Waals surface area (Å²) in [5, 5.41) is 3.67. The second-order valence-corrected chi connectivity index (χ2v) is 5.52. The minimum Gasteiger partial charge on any atom is -0.359 e. The van der Waals surface area contributed by atoms with Crippen LogP contribution in [0.1, 0.15) is 11.6 Å². The van der Waals surface area contributed by atoms with Crippen molar-refractivity contribution in [2.45, 2.75) is 13.0 Å². The lowest BCUT2D eigenvalue weighted by atomic mass is 10.3. The largest absolute Gasteiger partial charge is 0.359 e. The molecule has 4 nitrogen and oxygen atoms in total. The number of alkyl halides is 1. The molecule has 0 aliphatic carbocycles. The number of hydrogen-bond acceptors (Lipinski definition) is 3. The Balaban J connectivity index is 2.15. The third-order valence-electron chi connectivity index (χ3n) is 2.99. The number of benzene rings is 1. The van der Waals surface area contributed by atoms with E-state index in [0.29, 0.717) is 34.6 Å². The van der Waals surface area contributed by atoms with Crippen molar-refractivity contribution in [3.63, 3.8) is 0 Å². The van der Waals surface area contributed by atoms with Gasteiger partial charge in [0.15, 0.2) is 5.76 Å². The molecule has 0 fully saturated rings. The van der Waals surface area contributed by atoms with Crippen molar-refractivity contribution in [1.29, 1.82) is 0 Å². The van der Waals surface area contributed by atoms with Crippen LogP contribution in [0.2, 0.25) is 0 Å². The first-order valence-corrected chi connectivity index (χ1v) is 7.31. The highest BCUT2D eigenvalue weighted by Gasteiger charge is 2.14. The first-order valence-electron chi connectivity index (χ1n) is 5.98. The molecule has 0 amide bonds. The molecule has 0 spiro atoms. The van der Waals surface area contributed by atoms with Crippen LogP contribution in [0.5, 0.6) is 0 Å². The molecule has 0 saturated carbocycles. The maximum atomic E-state index is 13.8. The number of imidazole rings is 1. The molecule has 3 aromatic rings. The summed E-state index contributed by atoms with van der Waals surface area (Å²) in [6.07, 6.45) is 2.18. The van der Waals surface area contributed by atoms with Gasteiger partial charge in [-0.2, -0.15) is 0 Å². The fourth-order valence-corrected chi connectivity index (χ4v) is 2.60. The topological polar surface area (TPSA) is 43.9 Å². The van der Waals surface area contributed by atoms with E-state index in [-0.39, 0.29) is 5.82 Å². The van der Waals surface area contributed by atoms with Crippen LogP contribution in [0.4, 0.5) is 4.39 Å². The Morgan fingerprint density at radius 1 is 1.40 bits per heavy atom. The minimum atomic E-state index is -0.325. The summed E-state index contributed by atoms with van der Waals surface area (Å²) in [5.41, 5.74) is 1.43. The molecule has 0 N–H and O–H groups in total. The van der Waals surface area contributed by atoms with Gasteiger partial charge in [0.05, 0.1) is 28.2 Å². The van der Waals surface area contributed by atoms with Crippen LogP contribution < -0.4 is 0 Å². The number of aromatic nitrogens is 3. The number of fused-ring (bicyclic) bond motifs is 1. The number of aryl methyl sites for hydroxylation is 1. The van der Waals surface area contributed by atoms with Crippen molar-refractivity contribution in [3.8, 4) is 0 Å². The lowest BCUT2D eigenvalue weighted by Crippen LogP contribution is -2.05. The first-order chi connectivity index (χ1) is 9.69. The van der Waals surface area contributed by atoms with E-state index in [1.807, 2.05) is 4.57 Å². The Morgan fingerprint density at radius 2 is 2.25 bits per heavy atom. The van der Waals surface area contributed by atoms with Gasteiger partial charge in [-0.15, -0.1) is 11.6 Å². The van der Waals surface area contributed by atoms with Crippen LogP contribution in [0.25, 0.3) is 11.0 Å². The van der Waals surface area contributed by atoms with Crippen LogP contribution in [0, 0.1) is 5.82 Å². The van der Waals surface area contributed by atoms with Gasteiger partial charge in [0, 0.05) is 24.4 Å². The second-order valence-electron chi connectivity index (χ2n) is 4.29. The molecule has 0 aliphatic heterocycles. The van der Waals surface area contributed by atoms with Crippen LogP contribution in [0.15, 0.2) is 33.4 Å². The average Bonchev–Trinajstić information content (AvgIpc) is 3.02. The van der Waals surface area contributed by atoms with Gasteiger partial charge in [0.25, 0.3) is 0 Å². The van der Waals surface area contributed by atoms with Gasteiger partial charge in [0.1, 0.15) is 11.6 Å². The van der Waals surface area contributed by atoms with Gasteiger partial charge >= 0.3 is 0 Å².